The van der Waals surface area contributed by atoms with Gasteiger partial charge in [0.05, 0.1) is 34.0 Å². The molecule has 2 aromatic rings. The van der Waals surface area contributed by atoms with Crippen LogP contribution in [0.4, 0.5) is 4.79 Å². The molecule has 0 aliphatic carbocycles. The van der Waals surface area contributed by atoms with Crippen LogP contribution in [0.3, 0.4) is 0 Å². The van der Waals surface area contributed by atoms with Crippen LogP contribution in [-0.4, -0.2) is 75.7 Å². The summed E-state index contributed by atoms with van der Waals surface area (Å²) in [6.07, 6.45) is -0.407. The van der Waals surface area contributed by atoms with E-state index in [9.17, 15) is 24.3 Å². The van der Waals surface area contributed by atoms with E-state index in [2.05, 4.69) is 20.1 Å². The van der Waals surface area contributed by atoms with E-state index in [-0.39, 0.29) is 24.2 Å². The molecular formula is C25H30N2O9. The van der Waals surface area contributed by atoms with Gasteiger partial charge in [-0.3, -0.25) is 4.79 Å². The Morgan fingerprint density at radius 2 is 1.58 bits per heavy atom. The molecule has 2 rings (SSSR count). The molecule has 0 fully saturated rings. The molecule has 194 valence electrons. The Labute approximate surface area is 208 Å². The quantitative estimate of drug-likeness (QED) is 0.285. The number of hydrogen-bond acceptors (Lipinski definition) is 9. The minimum Gasteiger partial charge on any atom is -0.481 e. The summed E-state index contributed by atoms with van der Waals surface area (Å²) >= 11 is 0. The van der Waals surface area contributed by atoms with Gasteiger partial charge in [0.1, 0.15) is 17.4 Å². The molecule has 0 saturated heterocycles. The SMILES string of the molecule is COC(=O)COc1ccc(C[C@@H](CO)NC(=O)C(Cc2ccccc2)NC(=O)OC)cc1C(=O)OC. The Morgan fingerprint density at radius 1 is 0.861 bits per heavy atom. The topological polar surface area (TPSA) is 149 Å². The summed E-state index contributed by atoms with van der Waals surface area (Å²) in [5.41, 5.74) is 1.47. The number of benzene rings is 2. The van der Waals surface area contributed by atoms with E-state index in [1.807, 2.05) is 30.3 Å². The van der Waals surface area contributed by atoms with Gasteiger partial charge >= 0.3 is 18.0 Å². The zero-order chi connectivity index (χ0) is 26.5. The van der Waals surface area contributed by atoms with Gasteiger partial charge < -0.3 is 34.7 Å². The zero-order valence-corrected chi connectivity index (χ0v) is 20.3. The molecule has 0 aliphatic rings. The van der Waals surface area contributed by atoms with Crippen LogP contribution >= 0.6 is 0 Å². The molecule has 0 aromatic heterocycles. The lowest BCUT2D eigenvalue weighted by Crippen LogP contribution is -2.52. The summed E-state index contributed by atoms with van der Waals surface area (Å²) in [4.78, 5) is 48.4. The average molecular weight is 503 g/mol. The van der Waals surface area contributed by atoms with Crippen molar-refractivity contribution in [2.45, 2.75) is 24.9 Å². The highest BCUT2D eigenvalue weighted by Gasteiger charge is 2.25. The van der Waals surface area contributed by atoms with E-state index >= 15 is 0 Å². The lowest BCUT2D eigenvalue weighted by molar-refractivity contribution is -0.142. The predicted octanol–water partition coefficient (Wildman–Crippen LogP) is 1.01. The molecule has 2 amide bonds. The first-order chi connectivity index (χ1) is 17.3. The maximum atomic E-state index is 13.0. The molecule has 2 atom stereocenters. The van der Waals surface area contributed by atoms with Crippen LogP contribution < -0.4 is 15.4 Å². The standard InChI is InChI=1S/C25H30N2O9/c1-33-22(29)15-36-21-10-9-17(12-19(21)24(31)34-2)11-18(14-28)26-23(30)20(27-25(32)35-3)13-16-7-5-4-6-8-16/h4-10,12,18,20,28H,11,13-15H2,1-3H3,(H,26,30)(H,27,32)/t18-,20?/m0/s1. The lowest BCUT2D eigenvalue weighted by atomic mass is 10.0. The summed E-state index contributed by atoms with van der Waals surface area (Å²) < 4.78 is 19.3. The summed E-state index contributed by atoms with van der Waals surface area (Å²) in [5.74, 6) is -1.71. The largest absolute Gasteiger partial charge is 0.481 e. The monoisotopic (exact) mass is 502 g/mol. The van der Waals surface area contributed by atoms with Crippen LogP contribution in [0.5, 0.6) is 5.75 Å². The molecule has 2 aromatic carbocycles. The molecular weight excluding hydrogens is 472 g/mol. The van der Waals surface area contributed by atoms with E-state index in [0.29, 0.717) is 5.56 Å². The van der Waals surface area contributed by atoms with Crippen molar-refractivity contribution in [3.05, 3.63) is 65.2 Å². The Balaban J connectivity index is 2.16. The number of amides is 2. The van der Waals surface area contributed by atoms with Gasteiger partial charge in [-0.1, -0.05) is 36.4 Å². The first-order valence-electron chi connectivity index (χ1n) is 11.0. The van der Waals surface area contributed by atoms with Crippen molar-refractivity contribution in [1.29, 1.82) is 0 Å². The number of rotatable bonds is 12. The number of methoxy groups -OCH3 is 3. The summed E-state index contributed by atoms with van der Waals surface area (Å²) in [7, 11) is 3.61. The summed E-state index contributed by atoms with van der Waals surface area (Å²) in [6.45, 7) is -0.804. The second-order valence-electron chi connectivity index (χ2n) is 7.66. The smallest absolute Gasteiger partial charge is 0.407 e. The fourth-order valence-electron chi connectivity index (χ4n) is 3.30. The minimum absolute atomic E-state index is 0.0660. The number of esters is 2. The van der Waals surface area contributed by atoms with Crippen LogP contribution in [0.1, 0.15) is 21.5 Å². The van der Waals surface area contributed by atoms with Crippen LogP contribution in [0, 0.1) is 0 Å². The van der Waals surface area contributed by atoms with Gasteiger partial charge in [-0.25, -0.2) is 14.4 Å². The van der Waals surface area contributed by atoms with Crippen molar-refractivity contribution >= 4 is 23.9 Å². The van der Waals surface area contributed by atoms with Crippen molar-refractivity contribution < 1.29 is 43.2 Å². The first-order valence-corrected chi connectivity index (χ1v) is 11.0. The maximum absolute atomic E-state index is 13.0. The highest BCUT2D eigenvalue weighted by atomic mass is 16.6. The summed E-state index contributed by atoms with van der Waals surface area (Å²) in [6, 6.07) is 12.0. The van der Waals surface area contributed by atoms with E-state index < -0.39 is 49.2 Å². The highest BCUT2D eigenvalue weighted by Crippen LogP contribution is 2.22. The summed E-state index contributed by atoms with van der Waals surface area (Å²) in [5, 5.41) is 15.1. The van der Waals surface area contributed by atoms with Crippen molar-refractivity contribution in [3.8, 4) is 5.75 Å². The van der Waals surface area contributed by atoms with E-state index in [0.717, 1.165) is 5.56 Å². The third kappa shape index (κ3) is 8.58. The number of aliphatic hydroxyl groups excluding tert-OH is 1. The second-order valence-corrected chi connectivity index (χ2v) is 7.66. The molecule has 3 N–H and O–H groups in total. The molecule has 0 radical (unpaired) electrons. The first kappa shape index (κ1) is 28.1. The second kappa shape index (κ2) is 14.3. The Bertz CT molecular complexity index is 1040. The molecule has 1 unspecified atom stereocenters. The molecule has 0 bridgehead atoms. The number of ether oxygens (including phenoxy) is 4. The number of nitrogens with one attached hydrogen (secondary N) is 2. The molecule has 36 heavy (non-hydrogen) atoms. The van der Waals surface area contributed by atoms with Gasteiger partial charge in [-0.15, -0.1) is 0 Å². The Morgan fingerprint density at radius 3 is 2.19 bits per heavy atom. The Hall–Kier alpha value is -4.12. The number of carbonyl (C=O) groups is 4. The number of aliphatic hydroxyl groups is 1. The van der Waals surface area contributed by atoms with Crippen molar-refractivity contribution in [2.75, 3.05) is 34.5 Å². The normalized spacial score (nSPS) is 12.0. The van der Waals surface area contributed by atoms with Crippen LogP contribution in [0.25, 0.3) is 0 Å². The third-order valence-electron chi connectivity index (χ3n) is 5.15. The molecule has 0 spiro atoms. The lowest BCUT2D eigenvalue weighted by Gasteiger charge is -2.22. The van der Waals surface area contributed by atoms with Crippen molar-refractivity contribution in [1.82, 2.24) is 10.6 Å². The fourth-order valence-corrected chi connectivity index (χ4v) is 3.30. The third-order valence-corrected chi connectivity index (χ3v) is 5.15. The van der Waals surface area contributed by atoms with Crippen LogP contribution in [0.2, 0.25) is 0 Å². The number of alkyl carbamates (subject to hydrolysis) is 1. The molecule has 11 nitrogen and oxygen atoms in total. The zero-order valence-electron chi connectivity index (χ0n) is 20.3. The van der Waals surface area contributed by atoms with E-state index in [4.69, 9.17) is 9.47 Å². The molecule has 0 heterocycles. The van der Waals surface area contributed by atoms with Gasteiger partial charge in [0.15, 0.2) is 6.61 Å². The van der Waals surface area contributed by atoms with Crippen LogP contribution in [0.15, 0.2) is 48.5 Å². The van der Waals surface area contributed by atoms with Gasteiger partial charge in [0.2, 0.25) is 5.91 Å². The molecule has 0 aliphatic heterocycles. The maximum Gasteiger partial charge on any atom is 0.407 e. The van der Waals surface area contributed by atoms with E-state index in [1.165, 1.54) is 33.5 Å². The van der Waals surface area contributed by atoms with Gasteiger partial charge in [-0.2, -0.15) is 0 Å². The van der Waals surface area contributed by atoms with Crippen LogP contribution in [-0.2, 0) is 36.6 Å². The number of carbonyl (C=O) groups excluding carboxylic acids is 4. The molecule has 11 heteroatoms. The average Bonchev–Trinajstić information content (AvgIpc) is 2.91. The molecule has 0 saturated carbocycles. The van der Waals surface area contributed by atoms with Crippen molar-refractivity contribution in [2.24, 2.45) is 0 Å². The fraction of sp³-hybridized carbons (Fsp3) is 0.360. The Kier molecular flexibility index (Phi) is 11.2. The van der Waals surface area contributed by atoms with Gasteiger partial charge in [-0.05, 0) is 29.7 Å². The highest BCUT2D eigenvalue weighted by molar-refractivity contribution is 5.93. The van der Waals surface area contributed by atoms with Gasteiger partial charge in [0.25, 0.3) is 0 Å². The van der Waals surface area contributed by atoms with Gasteiger partial charge in [0, 0.05) is 6.42 Å². The minimum atomic E-state index is -0.950. The number of hydrogen-bond donors (Lipinski definition) is 3. The van der Waals surface area contributed by atoms with E-state index in [1.54, 1.807) is 6.07 Å². The predicted molar refractivity (Wildman–Crippen MR) is 127 cm³/mol. The van der Waals surface area contributed by atoms with Crippen molar-refractivity contribution in [3.63, 3.8) is 0 Å².